The Labute approximate surface area is 349 Å². The molecule has 0 saturated carbocycles. The zero-order valence-corrected chi connectivity index (χ0v) is 33.4. The molecule has 2 nitrogen and oxygen atoms in total. The van der Waals surface area contributed by atoms with E-state index in [0.717, 1.165) is 39.0 Å². The summed E-state index contributed by atoms with van der Waals surface area (Å²) in [4.78, 5) is 2.41. The summed E-state index contributed by atoms with van der Waals surface area (Å²) in [6.07, 6.45) is 0. The molecular formula is C58H39NO. The van der Waals surface area contributed by atoms with Gasteiger partial charge in [0.2, 0.25) is 0 Å². The third kappa shape index (κ3) is 4.32. The van der Waals surface area contributed by atoms with Crippen molar-refractivity contribution < 1.29 is 4.42 Å². The molecule has 1 spiro atoms. The van der Waals surface area contributed by atoms with Gasteiger partial charge in [0.05, 0.1) is 5.41 Å². The van der Waals surface area contributed by atoms with Crippen LogP contribution in [0.25, 0.3) is 66.4 Å². The molecule has 1 aromatic heterocycles. The summed E-state index contributed by atoms with van der Waals surface area (Å²) in [5.41, 5.74) is 22.9. The van der Waals surface area contributed by atoms with Gasteiger partial charge in [-0.25, -0.2) is 0 Å². The Morgan fingerprint density at radius 1 is 0.350 bits per heavy atom. The predicted octanol–water partition coefficient (Wildman–Crippen LogP) is 15.4. The molecule has 10 aromatic rings. The standard InChI is InChI=1S/C58H39NO/c1-57(2)49-21-8-3-17-44(49)48-20-13-19-40(56(48)57)36-26-28-37(29-27-36)59(39-31-33-47-46-18-7-12-25-54(46)60-55(47)35-39)38-30-32-45-43-16-6-11-24-52(43)58(53(45)34-38)50-22-9-4-14-41(50)42-15-5-10-23-51(42)58/h3-35H,1-2H3. The van der Waals surface area contributed by atoms with E-state index in [-0.39, 0.29) is 5.41 Å². The minimum atomic E-state index is -0.439. The van der Waals surface area contributed by atoms with Crippen molar-refractivity contribution in [3.05, 3.63) is 234 Å². The third-order valence-electron chi connectivity index (χ3n) is 13.9. The summed E-state index contributed by atoms with van der Waals surface area (Å²) in [5, 5.41) is 2.25. The Morgan fingerprint density at radius 2 is 0.833 bits per heavy atom. The summed E-state index contributed by atoms with van der Waals surface area (Å²) >= 11 is 0. The summed E-state index contributed by atoms with van der Waals surface area (Å²) in [5.74, 6) is 0. The number of para-hydroxylation sites is 1. The highest BCUT2D eigenvalue weighted by molar-refractivity contribution is 6.06. The number of nitrogens with zero attached hydrogens (tertiary/aromatic N) is 1. The zero-order chi connectivity index (χ0) is 39.7. The quantitative estimate of drug-likeness (QED) is 0.177. The number of furan rings is 1. The molecule has 0 aliphatic heterocycles. The lowest BCUT2D eigenvalue weighted by Crippen LogP contribution is -2.26. The summed E-state index contributed by atoms with van der Waals surface area (Å²) in [7, 11) is 0. The van der Waals surface area contributed by atoms with Crippen LogP contribution in [-0.2, 0) is 10.8 Å². The van der Waals surface area contributed by atoms with Crippen LogP contribution in [0.5, 0.6) is 0 Å². The predicted molar refractivity (Wildman–Crippen MR) is 248 cm³/mol. The van der Waals surface area contributed by atoms with Crippen molar-refractivity contribution in [1.82, 2.24) is 0 Å². The van der Waals surface area contributed by atoms with Crippen molar-refractivity contribution in [3.63, 3.8) is 0 Å². The molecule has 9 aromatic carbocycles. The van der Waals surface area contributed by atoms with Crippen LogP contribution >= 0.6 is 0 Å². The Balaban J connectivity index is 1.02. The smallest absolute Gasteiger partial charge is 0.137 e. The van der Waals surface area contributed by atoms with Crippen LogP contribution < -0.4 is 4.90 Å². The first-order chi connectivity index (χ1) is 29.5. The lowest BCUT2D eigenvalue weighted by Gasteiger charge is -2.32. The fraction of sp³-hybridized carbons (Fsp3) is 0.0690. The first-order valence-electron chi connectivity index (χ1n) is 21.0. The van der Waals surface area contributed by atoms with Crippen LogP contribution in [0, 0.1) is 0 Å². The average molecular weight is 766 g/mol. The highest BCUT2D eigenvalue weighted by Gasteiger charge is 2.51. The van der Waals surface area contributed by atoms with E-state index in [1.54, 1.807) is 0 Å². The number of rotatable bonds is 4. The molecule has 0 radical (unpaired) electrons. The monoisotopic (exact) mass is 765 g/mol. The van der Waals surface area contributed by atoms with Crippen LogP contribution in [0.3, 0.4) is 0 Å². The Hall–Kier alpha value is -7.42. The topological polar surface area (TPSA) is 16.4 Å². The maximum atomic E-state index is 6.52. The fourth-order valence-electron chi connectivity index (χ4n) is 11.4. The molecule has 0 saturated heterocycles. The molecule has 13 rings (SSSR count). The molecule has 282 valence electrons. The molecule has 0 amide bonds. The van der Waals surface area contributed by atoms with Crippen molar-refractivity contribution in [2.24, 2.45) is 0 Å². The van der Waals surface area contributed by atoms with E-state index < -0.39 is 5.41 Å². The van der Waals surface area contributed by atoms with Gasteiger partial charge in [0, 0.05) is 39.3 Å². The molecule has 1 heterocycles. The highest BCUT2D eigenvalue weighted by atomic mass is 16.3. The molecule has 0 N–H and O–H groups in total. The lowest BCUT2D eigenvalue weighted by atomic mass is 9.70. The van der Waals surface area contributed by atoms with Gasteiger partial charge in [-0.3, -0.25) is 0 Å². The Morgan fingerprint density at radius 3 is 1.52 bits per heavy atom. The molecule has 3 aliphatic rings. The maximum absolute atomic E-state index is 6.52. The van der Waals surface area contributed by atoms with Gasteiger partial charge in [-0.05, 0) is 120 Å². The number of hydrogen-bond donors (Lipinski definition) is 0. The fourth-order valence-corrected chi connectivity index (χ4v) is 11.4. The van der Waals surface area contributed by atoms with Crippen LogP contribution in [0.4, 0.5) is 17.1 Å². The largest absolute Gasteiger partial charge is 0.456 e. The number of fused-ring (bicyclic) bond motifs is 16. The van der Waals surface area contributed by atoms with Crippen LogP contribution in [0.15, 0.2) is 205 Å². The second kappa shape index (κ2) is 12.1. The molecule has 0 atom stereocenters. The van der Waals surface area contributed by atoms with Crippen molar-refractivity contribution in [3.8, 4) is 44.5 Å². The summed E-state index contributed by atoms with van der Waals surface area (Å²) in [6, 6.07) is 74.1. The molecule has 0 fully saturated rings. The van der Waals surface area contributed by atoms with Crippen LogP contribution in [-0.4, -0.2) is 0 Å². The van der Waals surface area contributed by atoms with E-state index in [2.05, 4.69) is 213 Å². The van der Waals surface area contributed by atoms with Crippen molar-refractivity contribution in [2.75, 3.05) is 4.90 Å². The minimum absolute atomic E-state index is 0.106. The summed E-state index contributed by atoms with van der Waals surface area (Å²) in [6.45, 7) is 4.73. The SMILES string of the molecule is CC1(C)c2ccccc2-c2cccc(-c3ccc(N(c4ccc5c(c4)C4(c6ccccc6-c6ccccc64)c4ccccc4-5)c4ccc5c(c4)oc4ccccc45)cc3)c21. The van der Waals surface area contributed by atoms with Gasteiger partial charge in [0.1, 0.15) is 11.2 Å². The maximum Gasteiger partial charge on any atom is 0.137 e. The van der Waals surface area contributed by atoms with Gasteiger partial charge in [-0.2, -0.15) is 0 Å². The van der Waals surface area contributed by atoms with Gasteiger partial charge >= 0.3 is 0 Å². The van der Waals surface area contributed by atoms with Crippen molar-refractivity contribution >= 4 is 39.0 Å². The molecule has 0 unspecified atom stereocenters. The van der Waals surface area contributed by atoms with E-state index in [1.807, 2.05) is 6.07 Å². The van der Waals surface area contributed by atoms with E-state index >= 15 is 0 Å². The average Bonchev–Trinajstić information content (AvgIpc) is 3.99. The third-order valence-corrected chi connectivity index (χ3v) is 13.9. The van der Waals surface area contributed by atoms with E-state index in [9.17, 15) is 0 Å². The van der Waals surface area contributed by atoms with Gasteiger partial charge in [0.25, 0.3) is 0 Å². The molecule has 3 aliphatic carbocycles. The van der Waals surface area contributed by atoms with E-state index in [1.165, 1.54) is 77.9 Å². The normalized spacial score (nSPS) is 14.4. The number of benzene rings is 9. The minimum Gasteiger partial charge on any atom is -0.456 e. The molecule has 60 heavy (non-hydrogen) atoms. The summed E-state index contributed by atoms with van der Waals surface area (Å²) < 4.78 is 6.52. The molecular weight excluding hydrogens is 727 g/mol. The Kier molecular flexibility index (Phi) is 6.74. The number of anilines is 3. The van der Waals surface area contributed by atoms with Crippen LogP contribution in [0.2, 0.25) is 0 Å². The first kappa shape index (κ1) is 33.5. The zero-order valence-electron chi connectivity index (χ0n) is 33.4. The van der Waals surface area contributed by atoms with Crippen molar-refractivity contribution in [1.29, 1.82) is 0 Å². The van der Waals surface area contributed by atoms with Gasteiger partial charge in [0.15, 0.2) is 0 Å². The van der Waals surface area contributed by atoms with E-state index in [0.29, 0.717) is 0 Å². The van der Waals surface area contributed by atoms with Gasteiger partial charge in [-0.1, -0.05) is 166 Å². The van der Waals surface area contributed by atoms with Crippen molar-refractivity contribution in [2.45, 2.75) is 24.7 Å². The number of hydrogen-bond acceptors (Lipinski definition) is 2. The van der Waals surface area contributed by atoms with E-state index in [4.69, 9.17) is 4.42 Å². The highest BCUT2D eigenvalue weighted by Crippen LogP contribution is 2.63. The van der Waals surface area contributed by atoms with Gasteiger partial charge in [-0.15, -0.1) is 0 Å². The second-order valence-electron chi connectivity index (χ2n) is 17.2. The lowest BCUT2D eigenvalue weighted by molar-refractivity contribution is 0.662. The molecule has 0 bridgehead atoms. The molecule has 2 heteroatoms. The second-order valence-corrected chi connectivity index (χ2v) is 17.2. The van der Waals surface area contributed by atoms with Gasteiger partial charge < -0.3 is 9.32 Å². The van der Waals surface area contributed by atoms with Crippen LogP contribution in [0.1, 0.15) is 47.2 Å². The Bertz CT molecular complexity index is 3360. The first-order valence-corrected chi connectivity index (χ1v) is 21.0.